The molecule has 2 heterocycles. The lowest BCUT2D eigenvalue weighted by molar-refractivity contribution is 0.214. The Morgan fingerprint density at radius 3 is 2.79 bits per heavy atom. The molecule has 0 saturated heterocycles. The highest BCUT2D eigenvalue weighted by molar-refractivity contribution is 5.30. The van der Waals surface area contributed by atoms with Crippen molar-refractivity contribution in [2.75, 3.05) is 6.61 Å². The molecule has 100 valence electrons. The SMILES string of the molecule is CCCOc1cncc(C(O)c2ccc(C)cn2)c1. The molecule has 0 bridgehead atoms. The highest BCUT2D eigenvalue weighted by Crippen LogP contribution is 2.22. The normalized spacial score (nSPS) is 12.2. The van der Waals surface area contributed by atoms with Crippen LogP contribution in [0.5, 0.6) is 5.75 Å². The number of pyridine rings is 2. The molecule has 4 nitrogen and oxygen atoms in total. The summed E-state index contributed by atoms with van der Waals surface area (Å²) in [6, 6.07) is 5.55. The van der Waals surface area contributed by atoms with Crippen molar-refractivity contribution in [2.45, 2.75) is 26.4 Å². The van der Waals surface area contributed by atoms with Crippen LogP contribution in [0.25, 0.3) is 0 Å². The molecule has 0 fully saturated rings. The van der Waals surface area contributed by atoms with Crippen LogP contribution in [0.3, 0.4) is 0 Å². The van der Waals surface area contributed by atoms with Crippen LogP contribution in [0.1, 0.15) is 36.3 Å². The van der Waals surface area contributed by atoms with E-state index >= 15 is 0 Å². The average molecular weight is 258 g/mol. The van der Waals surface area contributed by atoms with E-state index in [-0.39, 0.29) is 0 Å². The summed E-state index contributed by atoms with van der Waals surface area (Å²) in [4.78, 5) is 8.32. The van der Waals surface area contributed by atoms with Gasteiger partial charge in [-0.1, -0.05) is 13.0 Å². The van der Waals surface area contributed by atoms with Crippen LogP contribution in [-0.4, -0.2) is 21.7 Å². The Morgan fingerprint density at radius 2 is 2.11 bits per heavy atom. The van der Waals surface area contributed by atoms with Gasteiger partial charge in [-0.05, 0) is 31.0 Å². The predicted octanol–water partition coefficient (Wildman–Crippen LogP) is 2.66. The molecule has 19 heavy (non-hydrogen) atoms. The zero-order chi connectivity index (χ0) is 13.7. The molecule has 2 aromatic rings. The fraction of sp³-hybridized carbons (Fsp3) is 0.333. The number of aliphatic hydroxyl groups excluding tert-OH is 1. The second-order valence-electron chi connectivity index (χ2n) is 4.47. The van der Waals surface area contributed by atoms with Crippen molar-refractivity contribution in [3.8, 4) is 5.75 Å². The zero-order valence-corrected chi connectivity index (χ0v) is 11.2. The van der Waals surface area contributed by atoms with Crippen LogP contribution in [-0.2, 0) is 0 Å². The molecule has 0 amide bonds. The molecule has 0 aliphatic carbocycles. The predicted molar refractivity (Wildman–Crippen MR) is 73.1 cm³/mol. The van der Waals surface area contributed by atoms with Crippen molar-refractivity contribution in [2.24, 2.45) is 0 Å². The molecule has 0 aliphatic heterocycles. The maximum Gasteiger partial charge on any atom is 0.137 e. The van der Waals surface area contributed by atoms with Gasteiger partial charge in [-0.25, -0.2) is 0 Å². The first kappa shape index (κ1) is 13.5. The third kappa shape index (κ3) is 3.51. The van der Waals surface area contributed by atoms with E-state index in [1.165, 1.54) is 0 Å². The molecule has 0 saturated carbocycles. The first-order chi connectivity index (χ1) is 9.20. The fourth-order valence-electron chi connectivity index (χ4n) is 1.70. The van der Waals surface area contributed by atoms with Gasteiger partial charge in [0.15, 0.2) is 0 Å². The second kappa shape index (κ2) is 6.29. The lowest BCUT2D eigenvalue weighted by Crippen LogP contribution is -2.04. The number of aliphatic hydroxyl groups is 1. The Bertz CT molecular complexity index is 526. The average Bonchev–Trinajstić information content (AvgIpc) is 2.45. The smallest absolute Gasteiger partial charge is 0.137 e. The van der Waals surface area contributed by atoms with Gasteiger partial charge in [-0.2, -0.15) is 0 Å². The van der Waals surface area contributed by atoms with Crippen molar-refractivity contribution in [3.63, 3.8) is 0 Å². The molecular weight excluding hydrogens is 240 g/mol. The Balaban J connectivity index is 2.18. The van der Waals surface area contributed by atoms with E-state index in [0.29, 0.717) is 23.6 Å². The molecule has 0 spiro atoms. The van der Waals surface area contributed by atoms with E-state index < -0.39 is 6.10 Å². The van der Waals surface area contributed by atoms with E-state index in [1.807, 2.05) is 26.0 Å². The van der Waals surface area contributed by atoms with Gasteiger partial charge in [-0.15, -0.1) is 0 Å². The summed E-state index contributed by atoms with van der Waals surface area (Å²) in [6.45, 7) is 4.65. The quantitative estimate of drug-likeness (QED) is 0.895. The third-order valence-electron chi connectivity index (χ3n) is 2.74. The van der Waals surface area contributed by atoms with E-state index in [9.17, 15) is 5.11 Å². The van der Waals surface area contributed by atoms with Gasteiger partial charge in [0.05, 0.1) is 18.5 Å². The van der Waals surface area contributed by atoms with Gasteiger partial charge in [0.2, 0.25) is 0 Å². The summed E-state index contributed by atoms with van der Waals surface area (Å²) in [5.74, 6) is 0.672. The standard InChI is InChI=1S/C15H18N2O2/c1-3-6-19-13-7-12(9-16-10-13)15(18)14-5-4-11(2)8-17-14/h4-5,7-10,15,18H,3,6H2,1-2H3. The summed E-state index contributed by atoms with van der Waals surface area (Å²) in [6.07, 6.45) is 5.17. The van der Waals surface area contributed by atoms with E-state index in [0.717, 1.165) is 12.0 Å². The lowest BCUT2D eigenvalue weighted by Gasteiger charge is -2.12. The third-order valence-corrected chi connectivity index (χ3v) is 2.74. The Hall–Kier alpha value is -1.94. The van der Waals surface area contributed by atoms with Crippen molar-refractivity contribution >= 4 is 0 Å². The summed E-state index contributed by atoms with van der Waals surface area (Å²) < 4.78 is 5.51. The molecule has 1 unspecified atom stereocenters. The van der Waals surface area contributed by atoms with E-state index in [4.69, 9.17) is 4.74 Å². The Labute approximate surface area is 113 Å². The maximum atomic E-state index is 10.3. The molecule has 1 atom stereocenters. The molecule has 1 N–H and O–H groups in total. The Morgan fingerprint density at radius 1 is 1.26 bits per heavy atom. The number of aromatic nitrogens is 2. The van der Waals surface area contributed by atoms with Crippen LogP contribution < -0.4 is 4.74 Å². The van der Waals surface area contributed by atoms with E-state index in [1.54, 1.807) is 24.7 Å². The van der Waals surface area contributed by atoms with Crippen LogP contribution >= 0.6 is 0 Å². The number of hydrogen-bond donors (Lipinski definition) is 1. The summed E-state index contributed by atoms with van der Waals surface area (Å²) in [7, 11) is 0. The maximum absolute atomic E-state index is 10.3. The summed E-state index contributed by atoms with van der Waals surface area (Å²) >= 11 is 0. The van der Waals surface area contributed by atoms with Gasteiger partial charge in [0.25, 0.3) is 0 Å². The highest BCUT2D eigenvalue weighted by atomic mass is 16.5. The minimum atomic E-state index is -0.779. The van der Waals surface area contributed by atoms with Crippen LogP contribution in [0.4, 0.5) is 0 Å². The van der Waals surface area contributed by atoms with Gasteiger partial charge in [0.1, 0.15) is 11.9 Å². The van der Waals surface area contributed by atoms with Gasteiger partial charge in [0, 0.05) is 18.0 Å². The fourth-order valence-corrected chi connectivity index (χ4v) is 1.70. The topological polar surface area (TPSA) is 55.2 Å². The van der Waals surface area contributed by atoms with Crippen LogP contribution in [0.2, 0.25) is 0 Å². The number of ether oxygens (including phenoxy) is 1. The molecule has 2 rings (SSSR count). The molecule has 0 aromatic carbocycles. The largest absolute Gasteiger partial charge is 0.492 e. The summed E-state index contributed by atoms with van der Waals surface area (Å²) in [5, 5.41) is 10.3. The molecule has 2 aromatic heterocycles. The van der Waals surface area contributed by atoms with Gasteiger partial charge in [-0.3, -0.25) is 9.97 Å². The number of rotatable bonds is 5. The molecule has 0 aliphatic rings. The van der Waals surface area contributed by atoms with Crippen molar-refractivity contribution < 1.29 is 9.84 Å². The lowest BCUT2D eigenvalue weighted by atomic mass is 10.1. The van der Waals surface area contributed by atoms with Gasteiger partial charge < -0.3 is 9.84 Å². The monoisotopic (exact) mass is 258 g/mol. The van der Waals surface area contributed by atoms with Crippen molar-refractivity contribution in [1.82, 2.24) is 9.97 Å². The van der Waals surface area contributed by atoms with Crippen molar-refractivity contribution in [1.29, 1.82) is 0 Å². The minimum Gasteiger partial charge on any atom is -0.492 e. The summed E-state index contributed by atoms with van der Waals surface area (Å²) in [5.41, 5.74) is 2.36. The van der Waals surface area contributed by atoms with Gasteiger partial charge >= 0.3 is 0 Å². The minimum absolute atomic E-state index is 0.611. The van der Waals surface area contributed by atoms with E-state index in [2.05, 4.69) is 9.97 Å². The van der Waals surface area contributed by atoms with Crippen LogP contribution in [0, 0.1) is 6.92 Å². The first-order valence-corrected chi connectivity index (χ1v) is 6.39. The molecule has 0 radical (unpaired) electrons. The first-order valence-electron chi connectivity index (χ1n) is 6.39. The second-order valence-corrected chi connectivity index (χ2v) is 4.47. The highest BCUT2D eigenvalue weighted by Gasteiger charge is 2.13. The van der Waals surface area contributed by atoms with Crippen molar-refractivity contribution in [3.05, 3.63) is 53.6 Å². The van der Waals surface area contributed by atoms with Crippen LogP contribution in [0.15, 0.2) is 36.8 Å². The number of aryl methyl sites for hydroxylation is 1. The molecular formula is C15H18N2O2. The zero-order valence-electron chi connectivity index (χ0n) is 11.2. The Kier molecular flexibility index (Phi) is 4.47. The number of hydrogen-bond acceptors (Lipinski definition) is 4. The molecule has 4 heteroatoms. The number of nitrogens with zero attached hydrogens (tertiary/aromatic N) is 2.